The Bertz CT molecular complexity index is 364. The van der Waals surface area contributed by atoms with Gasteiger partial charge >= 0.3 is 55.1 Å². The predicted octanol–water partition coefficient (Wildman–Crippen LogP) is -10.9. The van der Waals surface area contributed by atoms with Crippen LogP contribution in [0.25, 0.3) is 0 Å². The molecule has 0 heterocycles. The van der Waals surface area contributed by atoms with Crippen LogP contribution in [0.1, 0.15) is 0 Å². The molecule has 0 atom stereocenters. The predicted molar refractivity (Wildman–Crippen MR) is 38.8 cm³/mol. The van der Waals surface area contributed by atoms with Crippen LogP contribution in [0.4, 0.5) is 0 Å². The second kappa shape index (κ2) is 23.1. The maximum atomic E-state index is 8.93. The van der Waals surface area contributed by atoms with Gasteiger partial charge in [-0.1, -0.05) is 0 Å². The minimum absolute atomic E-state index is 0. The number of hydrogen-bond acceptors (Lipinski definition) is 14. The van der Waals surface area contributed by atoms with E-state index in [0.717, 1.165) is 0 Å². The number of rotatable bonds is 0. The molecule has 0 aliphatic carbocycles. The van der Waals surface area contributed by atoms with Gasteiger partial charge in [-0.25, -0.2) is 0 Å². The second-order valence-corrected chi connectivity index (χ2v) is 1.96. The van der Waals surface area contributed by atoms with Crippen LogP contribution in [0.5, 0.6) is 0 Å². The van der Waals surface area contributed by atoms with Crippen LogP contribution >= 0.6 is 0 Å². The van der Waals surface area contributed by atoms with Gasteiger partial charge in [0.2, 0.25) is 0 Å². The Kier molecular flexibility index (Phi) is 36.4. The molecule has 0 fully saturated rings. The van der Waals surface area contributed by atoms with E-state index in [1.807, 2.05) is 0 Å². The maximum absolute atomic E-state index is 8.93. The van der Waals surface area contributed by atoms with Gasteiger partial charge < -0.3 is 64.6 Å². The molecule has 16 nitrogen and oxygen atoms in total. The Labute approximate surface area is 170 Å². The van der Waals surface area contributed by atoms with Crippen molar-refractivity contribution in [2.75, 3.05) is 0 Å². The Balaban J connectivity index is -0.0000000442. The Morgan fingerprint density at radius 2 is 0.625 bits per heavy atom. The first-order valence-electron chi connectivity index (χ1n) is 3.76. The Hall–Kier alpha value is -2.16. The average molecular weight is 567 g/mol. The van der Waals surface area contributed by atoms with Crippen molar-refractivity contribution in [2.24, 2.45) is 0 Å². The molecule has 0 rings (SSSR count). The number of hydrogen-bond donors (Lipinski definition) is 1. The van der Waals surface area contributed by atoms with Crippen LogP contribution in [0.3, 0.4) is 0 Å². The van der Waals surface area contributed by atoms with Gasteiger partial charge in [-0.3, -0.25) is 0 Å². The normalized spacial score (nSPS) is 6.50. The van der Waals surface area contributed by atoms with Crippen LogP contribution in [-0.4, -0.2) is 46.1 Å². The SMILES string of the molecule is O=C([O-])C(=O)[O-].O=C([O-])C(=O)[O-].O=C([O-])C(=O)[O-].O=[N+]([O-])O.[La+3].[Ru+3]. The first-order valence-corrected chi connectivity index (χ1v) is 3.76. The van der Waals surface area contributed by atoms with Crippen molar-refractivity contribution in [3.05, 3.63) is 10.1 Å². The number of aliphatic carboxylic acids is 6. The van der Waals surface area contributed by atoms with Crippen molar-refractivity contribution < 1.29 is 125 Å². The molecule has 0 aliphatic heterocycles. The molecule has 0 bridgehead atoms. The summed E-state index contributed by atoms with van der Waals surface area (Å²) in [5.41, 5.74) is 0. The zero-order chi connectivity index (χ0) is 19.0. The van der Waals surface area contributed by atoms with Gasteiger partial charge in [0, 0.05) is 0 Å². The summed E-state index contributed by atoms with van der Waals surface area (Å²) in [4.78, 5) is 61.9. The average Bonchev–Trinajstić information content (AvgIpc) is 2.29. The molecule has 0 unspecified atom stereocenters. The van der Waals surface area contributed by atoms with Crippen LogP contribution in [0.2, 0.25) is 0 Å². The summed E-state index contributed by atoms with van der Waals surface area (Å²) < 4.78 is 0. The third kappa shape index (κ3) is 72.7. The van der Waals surface area contributed by atoms with Crippen LogP contribution in [0, 0.1) is 45.7 Å². The third-order valence-electron chi connectivity index (χ3n) is 0.500. The Morgan fingerprint density at radius 1 is 0.583 bits per heavy atom. The van der Waals surface area contributed by atoms with Crippen molar-refractivity contribution >= 4 is 35.8 Å². The van der Waals surface area contributed by atoms with E-state index in [0.29, 0.717) is 0 Å². The summed E-state index contributed by atoms with van der Waals surface area (Å²) in [6, 6.07) is 0. The molecule has 0 aromatic heterocycles. The molecule has 0 aliphatic rings. The molecule has 0 spiro atoms. The van der Waals surface area contributed by atoms with Gasteiger partial charge in [0.05, 0.1) is 35.8 Å². The Morgan fingerprint density at radius 3 is 0.625 bits per heavy atom. The van der Waals surface area contributed by atoms with Gasteiger partial charge in [0.1, 0.15) is 0 Å². The standard InChI is InChI=1S/3C2H2O4.La.HNO3.Ru/c3*3-1(4)2(5)6;;2-1(3)4;/h3*(H,3,4)(H,5,6);;(H,2,3,4);/q;;;+3;;+3/p-6. The summed E-state index contributed by atoms with van der Waals surface area (Å²) >= 11 is 0. The minimum atomic E-state index is -2.19. The van der Waals surface area contributed by atoms with Crippen molar-refractivity contribution in [1.29, 1.82) is 0 Å². The molecule has 0 amide bonds. The fourth-order valence-corrected chi connectivity index (χ4v) is 0. The molecule has 1 N–H and O–H groups in total. The fourth-order valence-electron chi connectivity index (χ4n) is 0. The topological polar surface area (TPSA) is 304 Å². The van der Waals surface area contributed by atoms with E-state index in [1.54, 1.807) is 0 Å². The molecule has 18 heteroatoms. The van der Waals surface area contributed by atoms with Crippen LogP contribution in [-0.2, 0) is 48.2 Å². The van der Waals surface area contributed by atoms with Crippen molar-refractivity contribution in [2.45, 2.75) is 0 Å². The molecule has 24 heavy (non-hydrogen) atoms. The molecule has 0 aromatic carbocycles. The van der Waals surface area contributed by atoms with Crippen molar-refractivity contribution in [1.82, 2.24) is 0 Å². The summed E-state index contributed by atoms with van der Waals surface area (Å²) in [7, 11) is 0. The van der Waals surface area contributed by atoms with Gasteiger partial charge in [-0.05, 0) is 0 Å². The molecular weight excluding hydrogens is 566 g/mol. The number of nitrogens with zero attached hydrogens (tertiary/aromatic N) is 1. The number of carbonyl (C=O) groups is 6. The quantitative estimate of drug-likeness (QED) is 0.123. The summed E-state index contributed by atoms with van der Waals surface area (Å²) in [6.45, 7) is 0. The van der Waals surface area contributed by atoms with Gasteiger partial charge in [-0.2, -0.15) is 0 Å². The van der Waals surface area contributed by atoms with E-state index in [-0.39, 0.29) is 55.1 Å². The molecule has 0 aromatic rings. The fraction of sp³-hybridized carbons (Fsp3) is 0. The largest absolute Gasteiger partial charge is 3.00 e. The van der Waals surface area contributed by atoms with E-state index in [4.69, 9.17) is 74.7 Å². The molecule has 0 saturated carbocycles. The van der Waals surface area contributed by atoms with Crippen molar-refractivity contribution in [3.63, 3.8) is 0 Å². The molecule has 0 saturated heterocycles. The summed E-state index contributed by atoms with van der Waals surface area (Å²) in [6.07, 6.45) is 0. The van der Waals surface area contributed by atoms with Crippen LogP contribution < -0.4 is 30.6 Å². The number of carboxylic acid groups (broad SMARTS) is 6. The second-order valence-electron chi connectivity index (χ2n) is 1.96. The van der Waals surface area contributed by atoms with Gasteiger partial charge in [0.15, 0.2) is 0 Å². The zero-order valence-corrected chi connectivity index (χ0v) is 15.9. The molecule has 131 valence electrons. The van der Waals surface area contributed by atoms with E-state index >= 15 is 0 Å². The van der Waals surface area contributed by atoms with E-state index < -0.39 is 40.9 Å². The zero-order valence-electron chi connectivity index (χ0n) is 10.5. The van der Waals surface area contributed by atoms with Gasteiger partial charge in [-0.15, -0.1) is 10.1 Å². The van der Waals surface area contributed by atoms with Crippen molar-refractivity contribution in [3.8, 4) is 0 Å². The smallest absolute Gasteiger partial charge is 0.543 e. The first-order chi connectivity index (χ1) is 9.66. The van der Waals surface area contributed by atoms with E-state index in [1.165, 1.54) is 0 Å². The molecule has 1 radical (unpaired) electrons. The maximum Gasteiger partial charge on any atom is 3.00 e. The first kappa shape index (κ1) is 37.8. The number of carboxylic acids is 6. The van der Waals surface area contributed by atoms with E-state index in [2.05, 4.69) is 0 Å². The molecular formula is C6HLaNO15Ru. The monoisotopic (exact) mass is 568 g/mol. The van der Waals surface area contributed by atoms with Gasteiger partial charge in [0.25, 0.3) is 5.09 Å². The van der Waals surface area contributed by atoms with E-state index in [9.17, 15) is 0 Å². The number of carbonyl (C=O) groups excluding carboxylic acids is 6. The third-order valence-corrected chi connectivity index (χ3v) is 0.500. The van der Waals surface area contributed by atoms with Crippen LogP contribution in [0.15, 0.2) is 0 Å². The summed E-state index contributed by atoms with van der Waals surface area (Å²) in [5, 5.41) is 67.2. The summed E-state index contributed by atoms with van der Waals surface area (Å²) in [5.74, 6) is -13.1. The minimum Gasteiger partial charge on any atom is -0.543 e.